The van der Waals surface area contributed by atoms with Crippen molar-refractivity contribution >= 4 is 18.7 Å². The van der Waals surface area contributed by atoms with Gasteiger partial charge in [0, 0.05) is 13.0 Å². The maximum absolute atomic E-state index is 10.9. The predicted octanol–water partition coefficient (Wildman–Crippen LogP) is 5.71. The first-order valence-electron chi connectivity index (χ1n) is 15.7. The maximum Gasteiger partial charge on any atom is 0.261 e. The number of benzene rings is 4. The summed E-state index contributed by atoms with van der Waals surface area (Å²) < 4.78 is 32.9. The van der Waals surface area contributed by atoms with Crippen molar-refractivity contribution in [3.8, 4) is 0 Å². The second-order valence-corrected chi connectivity index (χ2v) is 16.9. The highest BCUT2D eigenvalue weighted by Crippen LogP contribution is 2.38. The number of aliphatic hydroxyl groups is 1. The second-order valence-electron chi connectivity index (χ2n) is 12.6. The Morgan fingerprint density at radius 2 is 1.11 bits per heavy atom. The molecule has 0 bridgehead atoms. The summed E-state index contributed by atoms with van der Waals surface area (Å²) in [5.41, 5.74) is 2.07. The Labute approximate surface area is 269 Å². The van der Waals surface area contributed by atoms with Crippen molar-refractivity contribution in [1.82, 2.24) is 0 Å². The molecule has 5 atom stereocenters. The maximum atomic E-state index is 10.9. The molecular weight excluding hydrogens is 580 g/mol. The molecule has 0 amide bonds. The number of rotatable bonds is 13. The molecule has 0 aliphatic carbocycles. The quantitative estimate of drug-likeness (QED) is 0.192. The summed E-state index contributed by atoms with van der Waals surface area (Å²) >= 11 is 0. The van der Waals surface area contributed by atoms with Crippen LogP contribution in [0.3, 0.4) is 0 Å². The van der Waals surface area contributed by atoms with E-state index in [1.807, 2.05) is 72.8 Å². The van der Waals surface area contributed by atoms with E-state index in [-0.39, 0.29) is 18.3 Å². The molecule has 4 aromatic rings. The molecule has 4 aromatic carbocycles. The molecule has 1 fully saturated rings. The second kappa shape index (κ2) is 15.4. The van der Waals surface area contributed by atoms with Crippen LogP contribution in [0.2, 0.25) is 5.04 Å². The van der Waals surface area contributed by atoms with E-state index in [9.17, 15) is 5.11 Å². The van der Waals surface area contributed by atoms with E-state index in [1.54, 1.807) is 7.11 Å². The summed E-state index contributed by atoms with van der Waals surface area (Å²) in [6.45, 7) is 7.60. The first kappa shape index (κ1) is 33.2. The lowest BCUT2D eigenvalue weighted by molar-refractivity contribution is -0.304. The van der Waals surface area contributed by atoms with Gasteiger partial charge in [0.25, 0.3) is 8.32 Å². The van der Waals surface area contributed by atoms with Gasteiger partial charge >= 0.3 is 0 Å². The first-order chi connectivity index (χ1) is 21.9. The van der Waals surface area contributed by atoms with E-state index < -0.39 is 38.8 Å². The molecule has 6 nitrogen and oxygen atoms in total. The minimum atomic E-state index is -2.86. The third kappa shape index (κ3) is 7.64. The first-order valence-corrected chi connectivity index (χ1v) is 17.6. The minimum absolute atomic E-state index is 0.155. The van der Waals surface area contributed by atoms with E-state index in [0.29, 0.717) is 13.2 Å². The Kier molecular flexibility index (Phi) is 11.4. The number of aliphatic hydroxyl groups excluding tert-OH is 1. The predicted molar refractivity (Wildman–Crippen MR) is 180 cm³/mol. The summed E-state index contributed by atoms with van der Waals surface area (Å²) in [5, 5.41) is 13.0. The molecule has 1 N–H and O–H groups in total. The molecule has 0 aromatic heterocycles. The summed E-state index contributed by atoms with van der Waals surface area (Å²) in [4.78, 5) is 0. The Bertz CT molecular complexity index is 1380. The summed E-state index contributed by atoms with van der Waals surface area (Å²) in [7, 11) is -1.25. The van der Waals surface area contributed by atoms with Gasteiger partial charge in [0.15, 0.2) is 6.29 Å². The van der Waals surface area contributed by atoms with Gasteiger partial charge in [-0.25, -0.2) is 0 Å². The Morgan fingerprint density at radius 3 is 1.53 bits per heavy atom. The van der Waals surface area contributed by atoms with Crippen LogP contribution in [0.5, 0.6) is 0 Å². The van der Waals surface area contributed by atoms with E-state index in [0.717, 1.165) is 11.1 Å². The van der Waals surface area contributed by atoms with Crippen LogP contribution in [0.25, 0.3) is 0 Å². The SMILES string of the molecule is CO[C@H]1O[C@H](CO[Si](c2ccccc2)(c2ccccc2)C(C)(C)C)[C@@H](OCc2ccccc2)[C@@H](CO)[C@@H]1OCc1ccccc1. The zero-order valence-electron chi connectivity index (χ0n) is 26.8. The molecule has 1 saturated heterocycles. The molecule has 1 aliphatic rings. The lowest BCUT2D eigenvalue weighted by Gasteiger charge is -2.48. The Balaban J connectivity index is 1.48. The van der Waals surface area contributed by atoms with E-state index >= 15 is 0 Å². The van der Waals surface area contributed by atoms with Crippen molar-refractivity contribution in [1.29, 1.82) is 0 Å². The van der Waals surface area contributed by atoms with Crippen LogP contribution >= 0.6 is 0 Å². The number of methoxy groups -OCH3 is 1. The standard InChI is InChI=1S/C38H46O6Si/c1-38(2,3)45(31-21-13-7-14-22-31,32-23-15-8-16-24-32)43-28-34-35(41-26-29-17-9-5-10-18-29)33(25-39)36(37(40-4)44-34)42-27-30-19-11-6-12-20-30/h5-24,33-37,39H,25-28H2,1-4H3/t33-,34-,35+,36+,37+/m1/s1. The van der Waals surface area contributed by atoms with Gasteiger partial charge in [-0.1, -0.05) is 142 Å². The zero-order chi connectivity index (χ0) is 31.7. The minimum Gasteiger partial charge on any atom is -0.405 e. The Morgan fingerprint density at radius 1 is 0.667 bits per heavy atom. The van der Waals surface area contributed by atoms with Gasteiger partial charge in [0.05, 0.1) is 32.5 Å². The van der Waals surface area contributed by atoms with E-state index in [1.165, 1.54) is 10.4 Å². The topological polar surface area (TPSA) is 66.4 Å². The average Bonchev–Trinajstić information content (AvgIpc) is 3.08. The van der Waals surface area contributed by atoms with Crippen LogP contribution in [-0.2, 0) is 36.6 Å². The van der Waals surface area contributed by atoms with Gasteiger partial charge in [0.2, 0.25) is 0 Å². The summed E-state index contributed by atoms with van der Waals surface area (Å²) in [6.07, 6.45) is -2.30. The molecule has 0 saturated carbocycles. The van der Waals surface area contributed by atoms with Gasteiger partial charge in [-0.2, -0.15) is 0 Å². The van der Waals surface area contributed by atoms with Crippen molar-refractivity contribution in [3.63, 3.8) is 0 Å². The number of hydrogen-bond donors (Lipinski definition) is 1. The van der Waals surface area contributed by atoms with E-state index in [4.69, 9.17) is 23.4 Å². The van der Waals surface area contributed by atoms with Crippen LogP contribution < -0.4 is 10.4 Å². The number of ether oxygens (including phenoxy) is 4. The van der Waals surface area contributed by atoms with Crippen LogP contribution in [0.1, 0.15) is 31.9 Å². The fraction of sp³-hybridized carbons (Fsp3) is 0.368. The smallest absolute Gasteiger partial charge is 0.261 e. The van der Waals surface area contributed by atoms with Crippen LogP contribution in [0.15, 0.2) is 121 Å². The normalized spacial score (nSPS) is 22.3. The molecule has 0 spiro atoms. The van der Waals surface area contributed by atoms with Gasteiger partial charge in [-0.05, 0) is 26.5 Å². The average molecular weight is 627 g/mol. The van der Waals surface area contributed by atoms with Crippen molar-refractivity contribution < 1.29 is 28.5 Å². The molecule has 45 heavy (non-hydrogen) atoms. The third-order valence-corrected chi connectivity index (χ3v) is 13.7. The van der Waals surface area contributed by atoms with Crippen molar-refractivity contribution in [2.75, 3.05) is 20.3 Å². The molecule has 1 heterocycles. The van der Waals surface area contributed by atoms with Crippen molar-refractivity contribution in [2.24, 2.45) is 5.92 Å². The lowest BCUT2D eigenvalue weighted by atomic mass is 9.89. The molecule has 1 aliphatic heterocycles. The number of hydrogen-bond acceptors (Lipinski definition) is 6. The lowest BCUT2D eigenvalue weighted by Crippen LogP contribution is -2.68. The summed E-state index contributed by atoms with van der Waals surface area (Å²) in [6, 6.07) is 41.1. The van der Waals surface area contributed by atoms with Crippen molar-refractivity contribution in [2.45, 2.75) is 63.6 Å². The largest absolute Gasteiger partial charge is 0.405 e. The van der Waals surface area contributed by atoms with Gasteiger partial charge in [-0.3, -0.25) is 0 Å². The molecule has 0 radical (unpaired) electrons. The summed E-state index contributed by atoms with van der Waals surface area (Å²) in [5.74, 6) is -0.413. The Hall–Kier alpha value is -3.14. The van der Waals surface area contributed by atoms with Gasteiger partial charge < -0.3 is 28.5 Å². The highest BCUT2D eigenvalue weighted by Gasteiger charge is 2.53. The highest BCUT2D eigenvalue weighted by atomic mass is 28.4. The fourth-order valence-corrected chi connectivity index (χ4v) is 11.0. The van der Waals surface area contributed by atoms with Gasteiger partial charge in [-0.15, -0.1) is 0 Å². The zero-order valence-corrected chi connectivity index (χ0v) is 27.8. The highest BCUT2D eigenvalue weighted by molar-refractivity contribution is 6.99. The van der Waals surface area contributed by atoms with Crippen LogP contribution in [0.4, 0.5) is 0 Å². The van der Waals surface area contributed by atoms with Crippen LogP contribution in [0, 0.1) is 5.92 Å². The molecule has 7 heteroatoms. The molecule has 0 unspecified atom stereocenters. The van der Waals surface area contributed by atoms with Crippen molar-refractivity contribution in [3.05, 3.63) is 132 Å². The van der Waals surface area contributed by atoms with Gasteiger partial charge in [0.1, 0.15) is 12.2 Å². The van der Waals surface area contributed by atoms with Crippen LogP contribution in [-0.4, -0.2) is 58.3 Å². The molecule has 5 rings (SSSR count). The third-order valence-electron chi connectivity index (χ3n) is 8.68. The fourth-order valence-electron chi connectivity index (χ4n) is 6.46. The molecular formula is C38H46O6Si. The molecule has 238 valence electrons. The van der Waals surface area contributed by atoms with E-state index in [2.05, 4.69) is 69.3 Å². The monoisotopic (exact) mass is 626 g/mol.